The maximum atomic E-state index is 12.0. The number of carbonyl (C=O) groups excluding carboxylic acids is 1. The maximum Gasteiger partial charge on any atom is 0.258 e. The minimum atomic E-state index is -0.0736. The Morgan fingerprint density at radius 2 is 1.92 bits per heavy atom. The lowest BCUT2D eigenvalue weighted by molar-refractivity contribution is -0.123. The van der Waals surface area contributed by atoms with Gasteiger partial charge in [-0.15, -0.1) is 0 Å². The summed E-state index contributed by atoms with van der Waals surface area (Å²) in [5, 5.41) is 3.00. The number of nitrogens with one attached hydrogen (secondary N) is 1. The van der Waals surface area contributed by atoms with E-state index in [0.29, 0.717) is 12.6 Å². The monoisotopic (exact) mass is 324 g/mol. The van der Waals surface area contributed by atoms with E-state index in [-0.39, 0.29) is 12.5 Å². The second-order valence-corrected chi connectivity index (χ2v) is 6.23. The smallest absolute Gasteiger partial charge is 0.258 e. The van der Waals surface area contributed by atoms with Crippen LogP contribution in [0.2, 0.25) is 0 Å². The molecular weight excluding hydrogens is 300 g/mol. The van der Waals surface area contributed by atoms with Gasteiger partial charge in [-0.25, -0.2) is 0 Å². The van der Waals surface area contributed by atoms with Crippen LogP contribution in [0, 0.1) is 6.92 Å². The third kappa shape index (κ3) is 4.28. The fraction of sp³-hybridized carbons (Fsp3) is 0.350. The standard InChI is InChI=1S/C20H24N2O2/c1-16-9-11-19(12-10-16)24-15-20(23)21-14-18-8-5-13-22(18)17-6-3-2-4-7-17/h2-4,6-7,9-12,18H,5,8,13-15H2,1H3,(H,21,23). The molecule has 1 N–H and O–H groups in total. The summed E-state index contributed by atoms with van der Waals surface area (Å²) in [5.41, 5.74) is 2.40. The number of carbonyl (C=O) groups is 1. The van der Waals surface area contributed by atoms with E-state index in [1.807, 2.05) is 37.3 Å². The number of hydrogen-bond donors (Lipinski definition) is 1. The first-order chi connectivity index (χ1) is 11.7. The van der Waals surface area contributed by atoms with Crippen LogP contribution in [0.5, 0.6) is 5.75 Å². The summed E-state index contributed by atoms with van der Waals surface area (Å²) in [6.45, 7) is 3.78. The third-order valence-corrected chi connectivity index (χ3v) is 4.39. The van der Waals surface area contributed by atoms with Gasteiger partial charge in [0.05, 0.1) is 0 Å². The van der Waals surface area contributed by atoms with E-state index in [2.05, 4.69) is 34.5 Å². The second kappa shape index (κ2) is 7.86. The molecular formula is C20H24N2O2. The number of nitrogens with zero attached hydrogens (tertiary/aromatic N) is 1. The van der Waals surface area contributed by atoms with E-state index in [0.717, 1.165) is 25.1 Å². The molecule has 1 unspecified atom stereocenters. The Kier molecular flexibility index (Phi) is 5.36. The molecule has 0 bridgehead atoms. The lowest BCUT2D eigenvalue weighted by Gasteiger charge is -2.27. The van der Waals surface area contributed by atoms with Crippen LogP contribution in [0.1, 0.15) is 18.4 Å². The predicted octanol–water partition coefficient (Wildman–Crippen LogP) is 3.16. The summed E-state index contributed by atoms with van der Waals surface area (Å²) in [7, 11) is 0. The first kappa shape index (κ1) is 16.4. The summed E-state index contributed by atoms with van der Waals surface area (Å²) < 4.78 is 5.52. The predicted molar refractivity (Wildman–Crippen MR) is 96.5 cm³/mol. The normalized spacial score (nSPS) is 16.9. The van der Waals surface area contributed by atoms with Gasteiger partial charge in [0.15, 0.2) is 6.61 Å². The van der Waals surface area contributed by atoms with Crippen molar-refractivity contribution in [1.82, 2.24) is 5.32 Å². The second-order valence-electron chi connectivity index (χ2n) is 6.23. The van der Waals surface area contributed by atoms with Crippen LogP contribution >= 0.6 is 0 Å². The van der Waals surface area contributed by atoms with E-state index in [4.69, 9.17) is 4.74 Å². The highest BCUT2D eigenvalue weighted by Crippen LogP contribution is 2.24. The van der Waals surface area contributed by atoms with Crippen LogP contribution in [0.4, 0.5) is 5.69 Å². The summed E-state index contributed by atoms with van der Waals surface area (Å²) in [6, 6.07) is 18.5. The number of para-hydroxylation sites is 1. The molecule has 1 aliphatic heterocycles. The molecule has 0 saturated carbocycles. The molecule has 1 atom stereocenters. The van der Waals surface area contributed by atoms with Crippen LogP contribution < -0.4 is 15.0 Å². The van der Waals surface area contributed by atoms with Crippen LogP contribution in [0.15, 0.2) is 54.6 Å². The van der Waals surface area contributed by atoms with Gasteiger partial charge < -0.3 is 15.0 Å². The highest BCUT2D eigenvalue weighted by atomic mass is 16.5. The zero-order valence-electron chi connectivity index (χ0n) is 14.1. The molecule has 0 spiro atoms. The van der Waals surface area contributed by atoms with Crippen LogP contribution in [0.25, 0.3) is 0 Å². The summed E-state index contributed by atoms with van der Waals surface area (Å²) in [6.07, 6.45) is 2.27. The highest BCUT2D eigenvalue weighted by molar-refractivity contribution is 5.77. The SMILES string of the molecule is Cc1ccc(OCC(=O)NCC2CCCN2c2ccccc2)cc1. The van der Waals surface area contributed by atoms with Gasteiger partial charge in [0, 0.05) is 24.8 Å². The number of anilines is 1. The van der Waals surface area contributed by atoms with E-state index in [1.165, 1.54) is 11.3 Å². The van der Waals surface area contributed by atoms with Crippen molar-refractivity contribution in [3.05, 3.63) is 60.2 Å². The molecule has 2 aromatic rings. The van der Waals surface area contributed by atoms with E-state index >= 15 is 0 Å². The molecule has 126 valence electrons. The highest BCUT2D eigenvalue weighted by Gasteiger charge is 2.24. The molecule has 0 aromatic heterocycles. The van der Waals surface area contributed by atoms with Crippen LogP contribution in [0.3, 0.4) is 0 Å². The van der Waals surface area contributed by atoms with E-state index in [9.17, 15) is 4.79 Å². The van der Waals surface area contributed by atoms with Gasteiger partial charge in [-0.1, -0.05) is 35.9 Å². The number of ether oxygens (including phenoxy) is 1. The Hall–Kier alpha value is -2.49. The van der Waals surface area contributed by atoms with Crippen molar-refractivity contribution in [3.63, 3.8) is 0 Å². The fourth-order valence-electron chi connectivity index (χ4n) is 3.07. The Balaban J connectivity index is 1.46. The Morgan fingerprint density at radius 3 is 2.67 bits per heavy atom. The van der Waals surface area contributed by atoms with Crippen molar-refractivity contribution >= 4 is 11.6 Å². The Morgan fingerprint density at radius 1 is 1.17 bits per heavy atom. The Bertz CT molecular complexity index is 655. The average Bonchev–Trinajstić information content (AvgIpc) is 3.09. The first-order valence-corrected chi connectivity index (χ1v) is 8.50. The molecule has 24 heavy (non-hydrogen) atoms. The largest absolute Gasteiger partial charge is 0.484 e. The number of rotatable bonds is 6. The van der Waals surface area contributed by atoms with Crippen molar-refractivity contribution in [2.45, 2.75) is 25.8 Å². The van der Waals surface area contributed by atoms with Gasteiger partial charge >= 0.3 is 0 Å². The number of hydrogen-bond acceptors (Lipinski definition) is 3. The van der Waals surface area contributed by atoms with Crippen molar-refractivity contribution in [3.8, 4) is 5.75 Å². The molecule has 1 heterocycles. The van der Waals surface area contributed by atoms with Gasteiger partial charge in [-0.3, -0.25) is 4.79 Å². The van der Waals surface area contributed by atoms with Gasteiger partial charge in [0.25, 0.3) is 5.91 Å². The molecule has 2 aromatic carbocycles. The number of benzene rings is 2. The average molecular weight is 324 g/mol. The minimum Gasteiger partial charge on any atom is -0.484 e. The first-order valence-electron chi connectivity index (χ1n) is 8.50. The quantitative estimate of drug-likeness (QED) is 0.887. The Labute approximate surface area is 143 Å². The number of aryl methyl sites for hydroxylation is 1. The molecule has 1 fully saturated rings. The summed E-state index contributed by atoms with van der Waals surface area (Å²) in [5.74, 6) is 0.651. The molecule has 0 aliphatic carbocycles. The maximum absolute atomic E-state index is 12.0. The third-order valence-electron chi connectivity index (χ3n) is 4.39. The molecule has 3 rings (SSSR count). The lowest BCUT2D eigenvalue weighted by atomic mass is 10.2. The van der Waals surface area contributed by atoms with Crippen molar-refractivity contribution in [2.75, 3.05) is 24.6 Å². The van der Waals surface area contributed by atoms with E-state index in [1.54, 1.807) is 0 Å². The van der Waals surface area contributed by atoms with Crippen LogP contribution in [-0.4, -0.2) is 31.6 Å². The lowest BCUT2D eigenvalue weighted by Crippen LogP contribution is -2.41. The minimum absolute atomic E-state index is 0.0567. The van der Waals surface area contributed by atoms with Gasteiger partial charge in [0.2, 0.25) is 0 Å². The van der Waals surface area contributed by atoms with E-state index < -0.39 is 0 Å². The van der Waals surface area contributed by atoms with Crippen molar-refractivity contribution < 1.29 is 9.53 Å². The molecule has 4 heteroatoms. The molecule has 0 radical (unpaired) electrons. The van der Waals surface area contributed by atoms with Gasteiger partial charge in [0.1, 0.15) is 5.75 Å². The molecule has 1 saturated heterocycles. The molecule has 1 amide bonds. The summed E-state index contributed by atoms with van der Waals surface area (Å²) >= 11 is 0. The van der Waals surface area contributed by atoms with Gasteiger partial charge in [-0.2, -0.15) is 0 Å². The molecule has 4 nitrogen and oxygen atoms in total. The molecule has 1 aliphatic rings. The number of amides is 1. The van der Waals surface area contributed by atoms with Crippen LogP contribution in [-0.2, 0) is 4.79 Å². The summed E-state index contributed by atoms with van der Waals surface area (Å²) in [4.78, 5) is 14.4. The topological polar surface area (TPSA) is 41.6 Å². The zero-order chi connectivity index (χ0) is 16.8. The van der Waals surface area contributed by atoms with Crippen molar-refractivity contribution in [1.29, 1.82) is 0 Å². The van der Waals surface area contributed by atoms with Gasteiger partial charge in [-0.05, 0) is 44.0 Å². The fourth-order valence-corrected chi connectivity index (χ4v) is 3.07. The zero-order valence-corrected chi connectivity index (χ0v) is 14.1. The van der Waals surface area contributed by atoms with Crippen molar-refractivity contribution in [2.24, 2.45) is 0 Å².